The molecule has 4 aromatic rings. The average Bonchev–Trinajstić information content (AvgIpc) is 3.50. The predicted molar refractivity (Wildman–Crippen MR) is 125 cm³/mol. The number of rotatable bonds is 7. The summed E-state index contributed by atoms with van der Waals surface area (Å²) >= 11 is 0. The molecule has 4 heterocycles. The number of H-pyrrole nitrogens is 1. The third-order valence-corrected chi connectivity index (χ3v) is 5.74. The molecule has 176 valence electrons. The van der Waals surface area contributed by atoms with Crippen molar-refractivity contribution in [2.24, 2.45) is 0 Å². The van der Waals surface area contributed by atoms with Crippen LogP contribution in [0, 0.1) is 13.8 Å². The zero-order valence-electron chi connectivity index (χ0n) is 19.9. The SMILES string of the molecule is CC(=O)c1c(C)[nH]c(C(=O)C(C)OC(=O)c2cc(-c3ccco3)nc3c2cnn3C(C)C)c1C. The van der Waals surface area contributed by atoms with Crippen molar-refractivity contribution in [3.63, 3.8) is 0 Å². The summed E-state index contributed by atoms with van der Waals surface area (Å²) in [5.74, 6) is -0.749. The van der Waals surface area contributed by atoms with E-state index in [2.05, 4.69) is 15.1 Å². The molecule has 0 aliphatic heterocycles. The molecule has 4 aromatic heterocycles. The van der Waals surface area contributed by atoms with Gasteiger partial charge in [0.05, 0.1) is 29.1 Å². The van der Waals surface area contributed by atoms with Gasteiger partial charge in [-0.3, -0.25) is 9.59 Å². The second kappa shape index (κ2) is 8.74. The number of carbonyl (C=O) groups is 3. The van der Waals surface area contributed by atoms with Crippen molar-refractivity contribution in [2.75, 3.05) is 0 Å². The standard InChI is InChI=1S/C25H26N4O5/c1-12(2)29-24-18(11-26-29)17(10-19(28-24)20-8-7-9-33-20)25(32)34-16(6)23(31)22-13(3)21(15(5)30)14(4)27-22/h7-12,16,27H,1-6H3. The Morgan fingerprint density at radius 1 is 1.18 bits per heavy atom. The fourth-order valence-corrected chi connectivity index (χ4v) is 4.12. The lowest BCUT2D eigenvalue weighted by Crippen LogP contribution is -2.25. The van der Waals surface area contributed by atoms with Crippen LogP contribution in [0.5, 0.6) is 0 Å². The van der Waals surface area contributed by atoms with E-state index >= 15 is 0 Å². The molecular formula is C25H26N4O5. The Labute approximate surface area is 196 Å². The van der Waals surface area contributed by atoms with E-state index in [9.17, 15) is 14.4 Å². The summed E-state index contributed by atoms with van der Waals surface area (Å²) in [4.78, 5) is 45.8. The molecule has 0 amide bonds. The summed E-state index contributed by atoms with van der Waals surface area (Å²) < 4.78 is 12.8. The van der Waals surface area contributed by atoms with Crippen LogP contribution in [0.15, 0.2) is 35.1 Å². The number of aryl methyl sites for hydroxylation is 1. The summed E-state index contributed by atoms with van der Waals surface area (Å²) in [5, 5.41) is 4.89. The van der Waals surface area contributed by atoms with Gasteiger partial charge >= 0.3 is 5.97 Å². The Hall–Kier alpha value is -4.01. The predicted octanol–water partition coefficient (Wildman–Crippen LogP) is 4.85. The van der Waals surface area contributed by atoms with Crippen molar-refractivity contribution in [1.29, 1.82) is 0 Å². The van der Waals surface area contributed by atoms with Crippen molar-refractivity contribution in [3.05, 3.63) is 58.7 Å². The van der Waals surface area contributed by atoms with Crippen LogP contribution in [0.2, 0.25) is 0 Å². The Morgan fingerprint density at radius 2 is 1.91 bits per heavy atom. The first-order valence-corrected chi connectivity index (χ1v) is 11.0. The van der Waals surface area contributed by atoms with Crippen molar-refractivity contribution >= 4 is 28.6 Å². The van der Waals surface area contributed by atoms with E-state index in [1.54, 1.807) is 42.9 Å². The summed E-state index contributed by atoms with van der Waals surface area (Å²) in [6, 6.07) is 5.06. The normalized spacial score (nSPS) is 12.3. The van der Waals surface area contributed by atoms with Gasteiger partial charge in [0.25, 0.3) is 0 Å². The Kier molecular flexibility index (Phi) is 5.95. The van der Waals surface area contributed by atoms with E-state index in [-0.39, 0.29) is 23.1 Å². The highest BCUT2D eigenvalue weighted by molar-refractivity contribution is 6.07. The number of aromatic amines is 1. The van der Waals surface area contributed by atoms with Gasteiger partial charge in [0.2, 0.25) is 5.78 Å². The lowest BCUT2D eigenvalue weighted by atomic mass is 10.0. The fourth-order valence-electron chi connectivity index (χ4n) is 4.12. The highest BCUT2D eigenvalue weighted by Crippen LogP contribution is 2.28. The number of pyridine rings is 1. The number of hydrogen-bond donors (Lipinski definition) is 1. The molecule has 0 aliphatic rings. The molecule has 0 saturated carbocycles. The topological polar surface area (TPSA) is 120 Å². The van der Waals surface area contributed by atoms with E-state index in [1.165, 1.54) is 20.1 Å². The Bertz CT molecular complexity index is 1410. The molecule has 9 heteroatoms. The van der Waals surface area contributed by atoms with E-state index in [0.29, 0.717) is 39.3 Å². The smallest absolute Gasteiger partial charge is 0.339 e. The van der Waals surface area contributed by atoms with Crippen LogP contribution in [0.25, 0.3) is 22.5 Å². The van der Waals surface area contributed by atoms with E-state index in [4.69, 9.17) is 9.15 Å². The molecule has 1 atom stereocenters. The summed E-state index contributed by atoms with van der Waals surface area (Å²) in [6.07, 6.45) is 2.00. The van der Waals surface area contributed by atoms with Crippen molar-refractivity contribution in [1.82, 2.24) is 19.7 Å². The van der Waals surface area contributed by atoms with Gasteiger partial charge in [0, 0.05) is 17.3 Å². The van der Waals surface area contributed by atoms with Gasteiger partial charge in [-0.2, -0.15) is 5.10 Å². The van der Waals surface area contributed by atoms with Gasteiger partial charge in [-0.25, -0.2) is 14.5 Å². The van der Waals surface area contributed by atoms with Crippen molar-refractivity contribution in [2.45, 2.75) is 53.7 Å². The number of nitrogens with zero attached hydrogens (tertiary/aromatic N) is 3. The maximum Gasteiger partial charge on any atom is 0.339 e. The van der Waals surface area contributed by atoms with Crippen molar-refractivity contribution < 1.29 is 23.5 Å². The number of esters is 1. The molecule has 0 spiro atoms. The van der Waals surface area contributed by atoms with Crippen LogP contribution in [0.3, 0.4) is 0 Å². The zero-order chi connectivity index (χ0) is 24.7. The molecule has 34 heavy (non-hydrogen) atoms. The summed E-state index contributed by atoms with van der Waals surface area (Å²) in [6.45, 7) is 10.3. The molecule has 0 aliphatic carbocycles. The van der Waals surface area contributed by atoms with Crippen LogP contribution in [0.4, 0.5) is 0 Å². The number of nitrogens with one attached hydrogen (secondary N) is 1. The van der Waals surface area contributed by atoms with Gasteiger partial charge in [0.1, 0.15) is 5.69 Å². The van der Waals surface area contributed by atoms with E-state index in [0.717, 1.165) is 0 Å². The minimum Gasteiger partial charge on any atom is -0.463 e. The monoisotopic (exact) mass is 462 g/mol. The second-order valence-corrected chi connectivity index (χ2v) is 8.55. The van der Waals surface area contributed by atoms with Gasteiger partial charge in [-0.1, -0.05) is 0 Å². The number of ketones is 2. The van der Waals surface area contributed by atoms with Gasteiger partial charge in [-0.05, 0) is 65.3 Å². The molecule has 0 saturated heterocycles. The molecule has 9 nitrogen and oxygen atoms in total. The van der Waals surface area contributed by atoms with E-state index < -0.39 is 17.9 Å². The quantitative estimate of drug-likeness (QED) is 0.308. The maximum atomic E-state index is 13.2. The molecule has 0 fully saturated rings. The Balaban J connectivity index is 1.70. The fraction of sp³-hybridized carbons (Fsp3) is 0.320. The molecule has 0 aromatic carbocycles. The first-order valence-electron chi connectivity index (χ1n) is 11.0. The van der Waals surface area contributed by atoms with Crippen LogP contribution >= 0.6 is 0 Å². The first kappa shape index (κ1) is 23.2. The largest absolute Gasteiger partial charge is 0.463 e. The highest BCUT2D eigenvalue weighted by atomic mass is 16.5. The molecular weight excluding hydrogens is 436 g/mol. The summed E-state index contributed by atoms with van der Waals surface area (Å²) in [5.41, 5.74) is 3.07. The molecule has 1 unspecified atom stereocenters. The highest BCUT2D eigenvalue weighted by Gasteiger charge is 2.28. The second-order valence-electron chi connectivity index (χ2n) is 8.55. The average molecular weight is 463 g/mol. The molecule has 1 N–H and O–H groups in total. The molecule has 4 rings (SSSR count). The third-order valence-electron chi connectivity index (χ3n) is 5.74. The van der Waals surface area contributed by atoms with Crippen LogP contribution in [-0.2, 0) is 4.74 Å². The van der Waals surface area contributed by atoms with Gasteiger partial charge < -0.3 is 14.1 Å². The zero-order valence-corrected chi connectivity index (χ0v) is 19.9. The number of furan rings is 1. The number of fused-ring (bicyclic) bond motifs is 1. The minimum absolute atomic E-state index is 0.00999. The minimum atomic E-state index is -1.08. The van der Waals surface area contributed by atoms with Gasteiger partial charge in [0.15, 0.2) is 23.3 Å². The Morgan fingerprint density at radius 3 is 2.50 bits per heavy atom. The maximum absolute atomic E-state index is 13.2. The summed E-state index contributed by atoms with van der Waals surface area (Å²) in [7, 11) is 0. The van der Waals surface area contributed by atoms with Crippen LogP contribution in [-0.4, -0.2) is 43.4 Å². The van der Waals surface area contributed by atoms with Gasteiger partial charge in [-0.15, -0.1) is 0 Å². The number of ether oxygens (including phenoxy) is 1. The van der Waals surface area contributed by atoms with Crippen LogP contribution in [0.1, 0.15) is 76.2 Å². The number of aromatic nitrogens is 4. The van der Waals surface area contributed by atoms with Crippen molar-refractivity contribution in [3.8, 4) is 11.5 Å². The third kappa shape index (κ3) is 3.93. The van der Waals surface area contributed by atoms with E-state index in [1.807, 2.05) is 13.8 Å². The molecule has 0 bridgehead atoms. The number of hydrogen-bond acceptors (Lipinski definition) is 7. The van der Waals surface area contributed by atoms with Crippen LogP contribution < -0.4 is 0 Å². The number of carbonyl (C=O) groups excluding carboxylic acids is 3. The number of Topliss-reactive ketones (excluding diaryl/α,β-unsaturated/α-hetero) is 2. The molecule has 0 radical (unpaired) electrons. The lowest BCUT2D eigenvalue weighted by Gasteiger charge is -2.14. The lowest BCUT2D eigenvalue weighted by molar-refractivity contribution is 0.0319. The first-order chi connectivity index (χ1) is 16.1.